The molecule has 1 heterocycles. The van der Waals surface area contributed by atoms with Gasteiger partial charge in [0.05, 0.1) is 0 Å². The molecule has 3 N–H and O–H groups in total. The van der Waals surface area contributed by atoms with Gasteiger partial charge in [-0.05, 0) is 19.9 Å². The van der Waals surface area contributed by atoms with E-state index in [1.165, 1.54) is 12.1 Å². The van der Waals surface area contributed by atoms with E-state index in [2.05, 4.69) is 10.4 Å². The molecular weight excluding hydrogens is 196 g/mol. The van der Waals surface area contributed by atoms with Gasteiger partial charge in [0, 0.05) is 12.1 Å². The van der Waals surface area contributed by atoms with Crippen LogP contribution in [-0.4, -0.2) is 21.7 Å². The number of anilines is 1. The number of hydrogen-bond donors (Lipinski definition) is 2. The first-order chi connectivity index (χ1) is 6.99. The van der Waals surface area contributed by atoms with E-state index in [0.29, 0.717) is 0 Å². The summed E-state index contributed by atoms with van der Waals surface area (Å²) in [4.78, 5) is 22.6. The third-order valence-electron chi connectivity index (χ3n) is 1.63. The molecular formula is C9H14N4O2. The molecule has 0 atom stereocenters. The van der Waals surface area contributed by atoms with E-state index in [1.807, 2.05) is 13.8 Å². The molecule has 1 aromatic heterocycles. The van der Waals surface area contributed by atoms with Crippen LogP contribution in [0.5, 0.6) is 0 Å². The topological polar surface area (TPSA) is 90.0 Å². The first-order valence-corrected chi connectivity index (χ1v) is 4.62. The highest BCUT2D eigenvalue weighted by Gasteiger charge is 2.06. The molecule has 1 amide bonds. The van der Waals surface area contributed by atoms with Crippen molar-refractivity contribution in [2.45, 2.75) is 26.4 Å². The van der Waals surface area contributed by atoms with Crippen LogP contribution in [0.4, 0.5) is 5.82 Å². The second-order valence-electron chi connectivity index (χ2n) is 3.48. The van der Waals surface area contributed by atoms with Crippen molar-refractivity contribution in [3.05, 3.63) is 22.5 Å². The van der Waals surface area contributed by atoms with Gasteiger partial charge in [0.25, 0.3) is 5.56 Å². The minimum atomic E-state index is -0.344. The van der Waals surface area contributed by atoms with Crippen LogP contribution in [0, 0.1) is 0 Å². The fraction of sp³-hybridized carbons (Fsp3) is 0.444. The standard InChI is InChI=1S/C9H14N4O2/c1-6(2)11-8(14)5-13-9(15)4-3-7(10)12-13/h3-4,6H,5H2,1-2H3,(H2,10,12)(H,11,14). The molecule has 0 saturated carbocycles. The number of carbonyl (C=O) groups excluding carboxylic acids is 1. The number of rotatable bonds is 3. The lowest BCUT2D eigenvalue weighted by molar-refractivity contribution is -0.122. The van der Waals surface area contributed by atoms with Crippen LogP contribution in [0.2, 0.25) is 0 Å². The lowest BCUT2D eigenvalue weighted by Gasteiger charge is -2.08. The minimum absolute atomic E-state index is 0.0364. The predicted molar refractivity (Wildman–Crippen MR) is 56.2 cm³/mol. The molecule has 0 bridgehead atoms. The highest BCUT2D eigenvalue weighted by atomic mass is 16.2. The van der Waals surface area contributed by atoms with Crippen molar-refractivity contribution < 1.29 is 4.79 Å². The van der Waals surface area contributed by atoms with Crippen molar-refractivity contribution in [1.82, 2.24) is 15.1 Å². The minimum Gasteiger partial charge on any atom is -0.382 e. The van der Waals surface area contributed by atoms with Crippen LogP contribution in [0.3, 0.4) is 0 Å². The highest BCUT2D eigenvalue weighted by Crippen LogP contribution is 1.89. The summed E-state index contributed by atoms with van der Waals surface area (Å²) in [6.45, 7) is 3.57. The lowest BCUT2D eigenvalue weighted by Crippen LogP contribution is -2.36. The molecule has 6 nitrogen and oxygen atoms in total. The summed E-state index contributed by atoms with van der Waals surface area (Å²) in [7, 11) is 0. The molecule has 0 fully saturated rings. The molecule has 1 aromatic rings. The van der Waals surface area contributed by atoms with Gasteiger partial charge in [-0.3, -0.25) is 9.59 Å². The van der Waals surface area contributed by atoms with Gasteiger partial charge >= 0.3 is 0 Å². The van der Waals surface area contributed by atoms with Gasteiger partial charge in [-0.1, -0.05) is 0 Å². The zero-order valence-corrected chi connectivity index (χ0v) is 8.73. The number of nitrogen functional groups attached to an aromatic ring is 1. The maximum Gasteiger partial charge on any atom is 0.267 e. The second kappa shape index (κ2) is 4.59. The van der Waals surface area contributed by atoms with E-state index < -0.39 is 0 Å². The van der Waals surface area contributed by atoms with E-state index in [9.17, 15) is 9.59 Å². The summed E-state index contributed by atoms with van der Waals surface area (Å²) in [5, 5.41) is 6.40. The lowest BCUT2D eigenvalue weighted by atomic mass is 10.4. The van der Waals surface area contributed by atoms with Gasteiger partial charge in [-0.2, -0.15) is 5.10 Å². The monoisotopic (exact) mass is 210 g/mol. The van der Waals surface area contributed by atoms with Crippen molar-refractivity contribution in [2.24, 2.45) is 0 Å². The number of amides is 1. The largest absolute Gasteiger partial charge is 0.382 e. The number of carbonyl (C=O) groups is 1. The predicted octanol–water partition coefficient (Wildman–Crippen LogP) is -0.650. The average Bonchev–Trinajstić information content (AvgIpc) is 2.10. The quantitative estimate of drug-likeness (QED) is 0.693. The van der Waals surface area contributed by atoms with Crippen molar-refractivity contribution in [3.63, 3.8) is 0 Å². The van der Waals surface area contributed by atoms with E-state index >= 15 is 0 Å². The maximum absolute atomic E-state index is 11.3. The van der Waals surface area contributed by atoms with Crippen LogP contribution in [0.1, 0.15) is 13.8 Å². The van der Waals surface area contributed by atoms with Crippen LogP contribution in [-0.2, 0) is 11.3 Å². The molecule has 0 spiro atoms. The molecule has 0 aliphatic heterocycles. The van der Waals surface area contributed by atoms with Gasteiger partial charge in [-0.15, -0.1) is 0 Å². The van der Waals surface area contributed by atoms with Gasteiger partial charge in [0.15, 0.2) is 0 Å². The number of aromatic nitrogens is 2. The number of nitrogens with zero attached hydrogens (tertiary/aromatic N) is 2. The van der Waals surface area contributed by atoms with Crippen molar-refractivity contribution in [1.29, 1.82) is 0 Å². The number of hydrogen-bond acceptors (Lipinski definition) is 4. The van der Waals surface area contributed by atoms with Gasteiger partial charge in [-0.25, -0.2) is 4.68 Å². The Bertz CT molecular complexity index is 411. The summed E-state index contributed by atoms with van der Waals surface area (Å²) in [5.41, 5.74) is 5.06. The summed E-state index contributed by atoms with van der Waals surface area (Å²) in [6.07, 6.45) is 0. The molecule has 0 aliphatic rings. The highest BCUT2D eigenvalue weighted by molar-refractivity contribution is 5.75. The maximum atomic E-state index is 11.3. The normalized spacial score (nSPS) is 10.3. The molecule has 0 aliphatic carbocycles. The van der Waals surface area contributed by atoms with Crippen LogP contribution in [0.15, 0.2) is 16.9 Å². The van der Waals surface area contributed by atoms with Crippen molar-refractivity contribution in [2.75, 3.05) is 5.73 Å². The molecule has 82 valence electrons. The summed E-state index contributed by atoms with van der Waals surface area (Å²) >= 11 is 0. The van der Waals surface area contributed by atoms with Gasteiger partial charge in [0.1, 0.15) is 12.4 Å². The molecule has 6 heteroatoms. The van der Waals surface area contributed by atoms with E-state index in [0.717, 1.165) is 4.68 Å². The van der Waals surface area contributed by atoms with E-state index in [4.69, 9.17) is 5.73 Å². The zero-order chi connectivity index (χ0) is 11.4. The number of nitrogens with one attached hydrogen (secondary N) is 1. The SMILES string of the molecule is CC(C)NC(=O)Cn1nc(N)ccc1=O. The molecule has 0 aromatic carbocycles. The Morgan fingerprint density at radius 3 is 2.87 bits per heavy atom. The Balaban J connectivity index is 2.76. The van der Waals surface area contributed by atoms with Crippen molar-refractivity contribution >= 4 is 11.7 Å². The fourth-order valence-electron chi connectivity index (χ4n) is 1.08. The third-order valence-corrected chi connectivity index (χ3v) is 1.63. The van der Waals surface area contributed by atoms with Crippen molar-refractivity contribution in [3.8, 4) is 0 Å². The molecule has 0 radical (unpaired) electrons. The van der Waals surface area contributed by atoms with Gasteiger partial charge in [0.2, 0.25) is 5.91 Å². The number of nitrogens with two attached hydrogens (primary N) is 1. The smallest absolute Gasteiger partial charge is 0.267 e. The summed E-state index contributed by atoms with van der Waals surface area (Å²) in [5.74, 6) is -0.0443. The fourth-order valence-corrected chi connectivity index (χ4v) is 1.08. The Morgan fingerprint density at radius 1 is 1.60 bits per heavy atom. The Kier molecular flexibility index (Phi) is 3.43. The van der Waals surface area contributed by atoms with Crippen LogP contribution in [0.25, 0.3) is 0 Å². The third kappa shape index (κ3) is 3.41. The zero-order valence-electron chi connectivity index (χ0n) is 8.73. The molecule has 0 saturated heterocycles. The summed E-state index contributed by atoms with van der Waals surface area (Å²) < 4.78 is 1.03. The van der Waals surface area contributed by atoms with E-state index in [-0.39, 0.29) is 29.9 Å². The average molecular weight is 210 g/mol. The summed E-state index contributed by atoms with van der Waals surface area (Å²) in [6, 6.07) is 2.72. The molecule has 15 heavy (non-hydrogen) atoms. The molecule has 0 unspecified atom stereocenters. The molecule has 1 rings (SSSR count). The Hall–Kier alpha value is -1.85. The van der Waals surface area contributed by atoms with Crippen LogP contribution >= 0.6 is 0 Å². The Labute approximate surface area is 87.1 Å². The van der Waals surface area contributed by atoms with Gasteiger partial charge < -0.3 is 11.1 Å². The van der Waals surface area contributed by atoms with Crippen LogP contribution < -0.4 is 16.6 Å². The van der Waals surface area contributed by atoms with E-state index in [1.54, 1.807) is 0 Å². The first kappa shape index (κ1) is 11.2. The second-order valence-corrected chi connectivity index (χ2v) is 3.48. The Morgan fingerprint density at radius 2 is 2.27 bits per heavy atom. The first-order valence-electron chi connectivity index (χ1n) is 4.62.